The summed E-state index contributed by atoms with van der Waals surface area (Å²) < 4.78 is 68.7. The van der Waals surface area contributed by atoms with Crippen LogP contribution in [0.25, 0.3) is 0 Å². The highest BCUT2D eigenvalue weighted by Gasteiger charge is 2.33. The Bertz CT molecular complexity index is 1520. The summed E-state index contributed by atoms with van der Waals surface area (Å²) in [6.45, 7) is 2.19. The van der Waals surface area contributed by atoms with Crippen LogP contribution in [0, 0.1) is 0 Å². The first-order valence-electron chi connectivity index (χ1n) is 14.9. The van der Waals surface area contributed by atoms with Crippen LogP contribution in [0.1, 0.15) is 97.8 Å². The van der Waals surface area contributed by atoms with Crippen molar-refractivity contribution in [3.05, 3.63) is 101 Å². The Morgan fingerprint density at radius 3 is 2.37 bits per heavy atom. The van der Waals surface area contributed by atoms with Crippen molar-refractivity contribution >= 4 is 15.9 Å². The Labute approximate surface area is 251 Å². The molecule has 1 amide bonds. The van der Waals surface area contributed by atoms with Gasteiger partial charge in [-0.05, 0) is 79.5 Å². The van der Waals surface area contributed by atoms with Crippen molar-refractivity contribution in [3.8, 4) is 0 Å². The third kappa shape index (κ3) is 7.85. The molecule has 1 unspecified atom stereocenters. The van der Waals surface area contributed by atoms with Gasteiger partial charge in [0.15, 0.2) is 0 Å². The van der Waals surface area contributed by atoms with Gasteiger partial charge in [-0.15, -0.1) is 0 Å². The molecule has 3 N–H and O–H groups in total. The van der Waals surface area contributed by atoms with Gasteiger partial charge in [0.1, 0.15) is 0 Å². The van der Waals surface area contributed by atoms with Gasteiger partial charge in [0.05, 0.1) is 22.5 Å². The van der Waals surface area contributed by atoms with Crippen molar-refractivity contribution in [3.63, 3.8) is 0 Å². The molecular weight excluding hydrogens is 575 g/mol. The average molecular weight is 614 g/mol. The predicted molar refractivity (Wildman–Crippen MR) is 160 cm³/mol. The van der Waals surface area contributed by atoms with E-state index < -0.39 is 32.7 Å². The highest BCUT2D eigenvalue weighted by molar-refractivity contribution is 7.89. The molecule has 2 aliphatic rings. The van der Waals surface area contributed by atoms with Crippen molar-refractivity contribution in [2.45, 2.75) is 93.5 Å². The first kappa shape index (κ1) is 31.2. The Hall–Kier alpha value is -3.21. The molecular formula is C33H38F3N3O3S. The SMILES string of the molecule is C[C@@H](NC1CCCC1)c1ccc2c(c1)CCC[C@H]2NC(=O)CC(NS(=O)(=O)c1cccc(C(F)(F)F)c1)c1ccccc1. The molecule has 5 rings (SSSR count). The molecule has 0 aromatic heterocycles. The van der Waals surface area contributed by atoms with Crippen LogP contribution in [0.4, 0.5) is 13.2 Å². The number of amides is 1. The van der Waals surface area contributed by atoms with E-state index >= 15 is 0 Å². The van der Waals surface area contributed by atoms with E-state index in [1.807, 2.05) is 0 Å². The number of alkyl halides is 3. The molecule has 3 atom stereocenters. The highest BCUT2D eigenvalue weighted by Crippen LogP contribution is 2.34. The number of carbonyl (C=O) groups is 1. The lowest BCUT2D eigenvalue weighted by Crippen LogP contribution is -2.36. The lowest BCUT2D eigenvalue weighted by atomic mass is 9.85. The van der Waals surface area contributed by atoms with Crippen LogP contribution >= 0.6 is 0 Å². The highest BCUT2D eigenvalue weighted by atomic mass is 32.2. The molecule has 1 fully saturated rings. The molecule has 43 heavy (non-hydrogen) atoms. The maximum Gasteiger partial charge on any atom is 0.416 e. The van der Waals surface area contributed by atoms with Gasteiger partial charge in [0, 0.05) is 18.5 Å². The van der Waals surface area contributed by atoms with Crippen LogP contribution in [0.5, 0.6) is 0 Å². The largest absolute Gasteiger partial charge is 0.416 e. The second kappa shape index (κ2) is 13.2. The average Bonchev–Trinajstić information content (AvgIpc) is 3.50. The summed E-state index contributed by atoms with van der Waals surface area (Å²) in [5.41, 5.74) is 2.97. The monoisotopic (exact) mass is 613 g/mol. The van der Waals surface area contributed by atoms with Crippen molar-refractivity contribution in [2.75, 3.05) is 0 Å². The predicted octanol–water partition coefficient (Wildman–Crippen LogP) is 6.90. The van der Waals surface area contributed by atoms with Gasteiger partial charge in [-0.2, -0.15) is 13.2 Å². The molecule has 230 valence electrons. The zero-order valence-electron chi connectivity index (χ0n) is 24.2. The van der Waals surface area contributed by atoms with E-state index in [1.54, 1.807) is 30.3 Å². The number of sulfonamides is 1. The third-order valence-corrected chi connectivity index (χ3v) is 9.99. The minimum absolute atomic E-state index is 0.208. The summed E-state index contributed by atoms with van der Waals surface area (Å²) in [7, 11) is -4.38. The number of carbonyl (C=O) groups excluding carboxylic acids is 1. The van der Waals surface area contributed by atoms with Crippen LogP contribution in [0.15, 0.2) is 77.7 Å². The smallest absolute Gasteiger partial charge is 0.349 e. The number of nitrogens with one attached hydrogen (secondary N) is 3. The molecule has 0 heterocycles. The molecule has 1 saturated carbocycles. The molecule has 0 spiro atoms. The van der Waals surface area contributed by atoms with Crippen LogP contribution in [-0.4, -0.2) is 20.4 Å². The van der Waals surface area contributed by atoms with E-state index in [-0.39, 0.29) is 24.4 Å². The van der Waals surface area contributed by atoms with E-state index in [9.17, 15) is 26.4 Å². The summed E-state index contributed by atoms with van der Waals surface area (Å²) in [6.07, 6.45) is 2.67. The number of hydrogen-bond donors (Lipinski definition) is 3. The van der Waals surface area contributed by atoms with Crippen LogP contribution < -0.4 is 15.4 Å². The van der Waals surface area contributed by atoms with E-state index in [0.717, 1.165) is 43.0 Å². The first-order valence-corrected chi connectivity index (χ1v) is 16.4. The van der Waals surface area contributed by atoms with Gasteiger partial charge in [-0.3, -0.25) is 4.79 Å². The van der Waals surface area contributed by atoms with Gasteiger partial charge in [0.25, 0.3) is 0 Å². The molecule has 6 nitrogen and oxygen atoms in total. The normalized spacial score (nSPS) is 19.0. The standard InChI is InChI=1S/C33H38F3N3O3S/c1-22(37-27-13-5-6-14-27)24-17-18-29-25(19-24)11-7-16-30(29)38-32(40)21-31(23-9-3-2-4-10-23)39-43(41,42)28-15-8-12-26(20-28)33(34,35)36/h2-4,8-10,12,15,17-20,22,27,30-31,37,39H,5-7,11,13-14,16,21H2,1H3,(H,38,40)/t22-,30-,31?/m1/s1. The Morgan fingerprint density at radius 1 is 0.907 bits per heavy atom. The molecule has 0 saturated heterocycles. The number of hydrogen-bond acceptors (Lipinski definition) is 4. The summed E-state index contributed by atoms with van der Waals surface area (Å²) in [5, 5.41) is 6.84. The van der Waals surface area contributed by atoms with Crippen molar-refractivity contribution in [1.29, 1.82) is 0 Å². The van der Waals surface area contributed by atoms with Gasteiger partial charge >= 0.3 is 6.18 Å². The number of halogens is 3. The Morgan fingerprint density at radius 2 is 1.65 bits per heavy atom. The van der Waals surface area contributed by atoms with Crippen LogP contribution in [0.3, 0.4) is 0 Å². The molecule has 2 aliphatic carbocycles. The van der Waals surface area contributed by atoms with Crippen LogP contribution in [-0.2, 0) is 27.4 Å². The Kier molecular flexibility index (Phi) is 9.58. The lowest BCUT2D eigenvalue weighted by molar-refractivity contribution is -0.137. The lowest BCUT2D eigenvalue weighted by Gasteiger charge is -2.29. The van der Waals surface area contributed by atoms with Gasteiger partial charge in [-0.1, -0.05) is 67.4 Å². The third-order valence-electron chi connectivity index (χ3n) is 8.52. The number of aryl methyl sites for hydroxylation is 1. The van der Waals surface area contributed by atoms with E-state index in [0.29, 0.717) is 17.7 Å². The fourth-order valence-corrected chi connectivity index (χ4v) is 7.51. The number of rotatable bonds is 10. The fraction of sp³-hybridized carbons (Fsp3) is 0.424. The minimum Gasteiger partial charge on any atom is -0.349 e. The molecule has 3 aromatic rings. The van der Waals surface area contributed by atoms with Crippen molar-refractivity contribution in [1.82, 2.24) is 15.4 Å². The van der Waals surface area contributed by atoms with Gasteiger partial charge in [-0.25, -0.2) is 13.1 Å². The quantitative estimate of drug-likeness (QED) is 0.232. The van der Waals surface area contributed by atoms with Crippen molar-refractivity contribution in [2.24, 2.45) is 0 Å². The van der Waals surface area contributed by atoms with Crippen LogP contribution in [0.2, 0.25) is 0 Å². The summed E-state index contributed by atoms with van der Waals surface area (Å²) in [5.74, 6) is -0.348. The van der Waals surface area contributed by atoms with Gasteiger partial charge < -0.3 is 10.6 Å². The molecule has 3 aromatic carbocycles. The second-order valence-electron chi connectivity index (χ2n) is 11.7. The first-order chi connectivity index (χ1) is 20.5. The topological polar surface area (TPSA) is 87.3 Å². The number of fused-ring (bicyclic) bond motifs is 1. The molecule has 0 bridgehead atoms. The van der Waals surface area contributed by atoms with E-state index in [2.05, 4.69) is 40.5 Å². The maximum absolute atomic E-state index is 13.4. The molecule has 0 aliphatic heterocycles. The zero-order chi connectivity index (χ0) is 30.6. The summed E-state index contributed by atoms with van der Waals surface area (Å²) >= 11 is 0. The zero-order valence-corrected chi connectivity index (χ0v) is 25.0. The van der Waals surface area contributed by atoms with E-state index in [4.69, 9.17) is 0 Å². The maximum atomic E-state index is 13.4. The van der Waals surface area contributed by atoms with Crippen molar-refractivity contribution < 1.29 is 26.4 Å². The van der Waals surface area contributed by atoms with E-state index in [1.165, 1.54) is 36.8 Å². The Balaban J connectivity index is 1.30. The fourth-order valence-electron chi connectivity index (χ4n) is 6.24. The minimum atomic E-state index is -4.69. The second-order valence-corrected chi connectivity index (χ2v) is 13.4. The number of benzene rings is 3. The van der Waals surface area contributed by atoms with Gasteiger partial charge in [0.2, 0.25) is 15.9 Å². The molecule has 10 heteroatoms. The summed E-state index contributed by atoms with van der Waals surface area (Å²) in [6, 6.07) is 18.2. The summed E-state index contributed by atoms with van der Waals surface area (Å²) in [4.78, 5) is 12.9. The molecule has 0 radical (unpaired) electrons.